The highest BCUT2D eigenvalue weighted by atomic mass is 16.3. The highest BCUT2D eigenvalue weighted by Crippen LogP contribution is 2.20. The number of fused-ring (bicyclic) bond motifs is 1. The number of aromatic amines is 1. The lowest BCUT2D eigenvalue weighted by Gasteiger charge is -1.99. The second-order valence-corrected chi connectivity index (χ2v) is 3.68. The number of aliphatic hydroxyl groups is 2. The van der Waals surface area contributed by atoms with Crippen molar-refractivity contribution in [3.63, 3.8) is 0 Å². The highest BCUT2D eigenvalue weighted by molar-refractivity contribution is 5.83. The van der Waals surface area contributed by atoms with E-state index in [1.165, 1.54) is 10.9 Å². The maximum Gasteiger partial charge on any atom is 0.0682 e. The van der Waals surface area contributed by atoms with Gasteiger partial charge < -0.3 is 15.2 Å². The third-order valence-corrected chi connectivity index (χ3v) is 2.62. The molecule has 0 fully saturated rings. The minimum absolute atomic E-state index is 0.0704. The molecule has 0 atom stereocenters. The Morgan fingerprint density at radius 1 is 1.20 bits per heavy atom. The maximum absolute atomic E-state index is 9.00. The van der Waals surface area contributed by atoms with Crippen molar-refractivity contribution >= 4 is 10.9 Å². The van der Waals surface area contributed by atoms with Crippen molar-refractivity contribution in [3.8, 4) is 0 Å². The Morgan fingerprint density at radius 2 is 2.07 bits per heavy atom. The largest absolute Gasteiger partial charge is 0.396 e. The monoisotopic (exact) mass is 205 g/mol. The van der Waals surface area contributed by atoms with Crippen LogP contribution in [0.3, 0.4) is 0 Å². The van der Waals surface area contributed by atoms with Gasteiger partial charge in [0.05, 0.1) is 6.61 Å². The zero-order chi connectivity index (χ0) is 10.7. The number of aliphatic hydroxyl groups excluding tert-OH is 2. The molecule has 1 aromatic heterocycles. The van der Waals surface area contributed by atoms with Gasteiger partial charge in [-0.15, -0.1) is 0 Å². The predicted molar refractivity (Wildman–Crippen MR) is 59.6 cm³/mol. The van der Waals surface area contributed by atoms with Gasteiger partial charge in [0, 0.05) is 23.7 Å². The summed E-state index contributed by atoms with van der Waals surface area (Å²) in [5.41, 5.74) is 3.19. The van der Waals surface area contributed by atoms with E-state index in [-0.39, 0.29) is 13.2 Å². The topological polar surface area (TPSA) is 56.2 Å². The predicted octanol–water partition coefficient (Wildman–Crippen LogP) is 1.59. The molecule has 3 N–H and O–H groups in total. The summed E-state index contributed by atoms with van der Waals surface area (Å²) in [6.45, 7) is 0.294. The van der Waals surface area contributed by atoms with Crippen molar-refractivity contribution in [2.75, 3.05) is 6.61 Å². The third kappa shape index (κ3) is 2.03. The number of nitrogens with one attached hydrogen (secondary N) is 1. The fraction of sp³-hybridized carbons (Fsp3) is 0.333. The summed E-state index contributed by atoms with van der Waals surface area (Å²) in [5.74, 6) is 0. The number of hydrogen-bond donors (Lipinski definition) is 3. The van der Waals surface area contributed by atoms with Crippen molar-refractivity contribution in [1.82, 2.24) is 4.98 Å². The second-order valence-electron chi connectivity index (χ2n) is 3.68. The quantitative estimate of drug-likeness (QED) is 0.710. The second kappa shape index (κ2) is 4.47. The SMILES string of the molecule is OCCCc1c[nH]c2cc(CO)ccc12. The highest BCUT2D eigenvalue weighted by Gasteiger charge is 2.03. The van der Waals surface area contributed by atoms with Crippen LogP contribution in [0.2, 0.25) is 0 Å². The fourth-order valence-electron chi connectivity index (χ4n) is 1.81. The van der Waals surface area contributed by atoms with E-state index >= 15 is 0 Å². The molecule has 0 aliphatic rings. The van der Waals surface area contributed by atoms with Gasteiger partial charge in [-0.25, -0.2) is 0 Å². The van der Waals surface area contributed by atoms with Crippen molar-refractivity contribution in [2.45, 2.75) is 19.4 Å². The Balaban J connectivity index is 2.34. The summed E-state index contributed by atoms with van der Waals surface area (Å²) in [6.07, 6.45) is 3.64. The maximum atomic E-state index is 9.00. The minimum atomic E-state index is 0.0704. The number of aromatic nitrogens is 1. The van der Waals surface area contributed by atoms with E-state index in [1.54, 1.807) is 0 Å². The molecule has 0 aliphatic carbocycles. The van der Waals surface area contributed by atoms with Crippen LogP contribution >= 0.6 is 0 Å². The average Bonchev–Trinajstić information content (AvgIpc) is 2.68. The van der Waals surface area contributed by atoms with Gasteiger partial charge in [0.2, 0.25) is 0 Å². The van der Waals surface area contributed by atoms with Crippen LogP contribution in [0, 0.1) is 0 Å². The van der Waals surface area contributed by atoms with E-state index in [0.717, 1.165) is 23.9 Å². The number of H-pyrrole nitrogens is 1. The number of benzene rings is 1. The lowest BCUT2D eigenvalue weighted by atomic mass is 10.1. The molecule has 0 unspecified atom stereocenters. The van der Waals surface area contributed by atoms with Gasteiger partial charge in [-0.1, -0.05) is 12.1 Å². The van der Waals surface area contributed by atoms with Crippen molar-refractivity contribution in [2.24, 2.45) is 0 Å². The van der Waals surface area contributed by atoms with E-state index in [4.69, 9.17) is 10.2 Å². The van der Waals surface area contributed by atoms with Crippen LogP contribution < -0.4 is 0 Å². The molecule has 0 spiro atoms. The van der Waals surface area contributed by atoms with Crippen LogP contribution in [-0.2, 0) is 13.0 Å². The summed E-state index contributed by atoms with van der Waals surface area (Å²) < 4.78 is 0. The Kier molecular flexibility index (Phi) is 3.04. The molecule has 80 valence electrons. The lowest BCUT2D eigenvalue weighted by Crippen LogP contribution is -1.88. The molecule has 2 aromatic rings. The van der Waals surface area contributed by atoms with E-state index in [2.05, 4.69) is 4.98 Å². The molecule has 1 heterocycles. The average molecular weight is 205 g/mol. The molecule has 0 aliphatic heterocycles. The molecule has 3 nitrogen and oxygen atoms in total. The summed E-state index contributed by atoms with van der Waals surface area (Å²) in [6, 6.07) is 5.90. The van der Waals surface area contributed by atoms with E-state index in [9.17, 15) is 0 Å². The van der Waals surface area contributed by atoms with Gasteiger partial charge in [0.1, 0.15) is 0 Å². The fourth-order valence-corrected chi connectivity index (χ4v) is 1.81. The van der Waals surface area contributed by atoms with Crippen LogP contribution in [0.5, 0.6) is 0 Å². The van der Waals surface area contributed by atoms with Gasteiger partial charge in [-0.2, -0.15) is 0 Å². The van der Waals surface area contributed by atoms with Crippen LogP contribution in [0.15, 0.2) is 24.4 Å². The van der Waals surface area contributed by atoms with Gasteiger partial charge >= 0.3 is 0 Å². The summed E-state index contributed by atoms with van der Waals surface area (Å²) in [7, 11) is 0. The molecule has 0 amide bonds. The van der Waals surface area contributed by atoms with Gasteiger partial charge in [-0.05, 0) is 30.0 Å². The standard InChI is InChI=1S/C12H15NO2/c14-5-1-2-10-7-13-12-6-9(8-15)3-4-11(10)12/h3-4,6-7,13-15H,1-2,5,8H2. The third-order valence-electron chi connectivity index (χ3n) is 2.62. The molecule has 1 aromatic carbocycles. The smallest absolute Gasteiger partial charge is 0.0682 e. The number of rotatable bonds is 4. The molecule has 3 heteroatoms. The Hall–Kier alpha value is -1.32. The van der Waals surface area contributed by atoms with Crippen molar-refractivity contribution < 1.29 is 10.2 Å². The Morgan fingerprint density at radius 3 is 2.80 bits per heavy atom. The Bertz CT molecular complexity index is 448. The van der Waals surface area contributed by atoms with Crippen LogP contribution in [0.25, 0.3) is 10.9 Å². The van der Waals surface area contributed by atoms with Crippen molar-refractivity contribution in [3.05, 3.63) is 35.5 Å². The van der Waals surface area contributed by atoms with Crippen LogP contribution in [0.4, 0.5) is 0 Å². The first-order chi connectivity index (χ1) is 7.35. The normalized spacial score (nSPS) is 11.1. The van der Waals surface area contributed by atoms with Crippen LogP contribution in [-0.4, -0.2) is 21.8 Å². The molecular weight excluding hydrogens is 190 g/mol. The molecule has 0 radical (unpaired) electrons. The molecule has 0 saturated heterocycles. The molecular formula is C12H15NO2. The Labute approximate surface area is 88.4 Å². The van der Waals surface area contributed by atoms with E-state index in [1.807, 2.05) is 24.4 Å². The molecule has 2 rings (SSSR count). The lowest BCUT2D eigenvalue weighted by molar-refractivity contribution is 0.282. The summed E-state index contributed by atoms with van der Waals surface area (Å²) in [5, 5.41) is 19.0. The van der Waals surface area contributed by atoms with Gasteiger partial charge in [0.15, 0.2) is 0 Å². The first-order valence-corrected chi connectivity index (χ1v) is 5.15. The molecule has 15 heavy (non-hydrogen) atoms. The van der Waals surface area contributed by atoms with Crippen molar-refractivity contribution in [1.29, 1.82) is 0 Å². The minimum Gasteiger partial charge on any atom is -0.396 e. The first kappa shape index (κ1) is 10.2. The van der Waals surface area contributed by atoms with E-state index < -0.39 is 0 Å². The summed E-state index contributed by atoms with van der Waals surface area (Å²) >= 11 is 0. The van der Waals surface area contributed by atoms with E-state index in [0.29, 0.717) is 0 Å². The molecule has 0 saturated carbocycles. The van der Waals surface area contributed by atoms with Gasteiger partial charge in [0.25, 0.3) is 0 Å². The zero-order valence-electron chi connectivity index (χ0n) is 8.53. The number of aryl methyl sites for hydroxylation is 1. The number of hydrogen-bond acceptors (Lipinski definition) is 2. The van der Waals surface area contributed by atoms with Crippen LogP contribution in [0.1, 0.15) is 17.5 Å². The zero-order valence-corrected chi connectivity index (χ0v) is 8.53. The first-order valence-electron chi connectivity index (χ1n) is 5.15. The molecule has 0 bridgehead atoms. The van der Waals surface area contributed by atoms with Gasteiger partial charge in [-0.3, -0.25) is 0 Å². The summed E-state index contributed by atoms with van der Waals surface area (Å²) in [4.78, 5) is 3.18.